The zero-order valence-corrected chi connectivity index (χ0v) is 16.5. The SMILES string of the molecule is O=C(O)C1=C(CBr)C(Br)[S+]([O-])[C@@H]2C(NC(=O)c3ccccc3)C(=O)N12. The van der Waals surface area contributed by atoms with E-state index in [0.29, 0.717) is 11.1 Å². The van der Waals surface area contributed by atoms with Gasteiger partial charge in [-0.1, -0.05) is 34.1 Å². The first kappa shape index (κ1) is 18.4. The molecule has 0 spiro atoms. The number of rotatable bonds is 4. The van der Waals surface area contributed by atoms with Crippen molar-refractivity contribution in [1.29, 1.82) is 0 Å². The summed E-state index contributed by atoms with van der Waals surface area (Å²) in [6.45, 7) is 0. The van der Waals surface area contributed by atoms with Crippen molar-refractivity contribution in [3.8, 4) is 0 Å². The summed E-state index contributed by atoms with van der Waals surface area (Å²) in [6, 6.07) is 7.28. The summed E-state index contributed by atoms with van der Waals surface area (Å²) >= 11 is 4.81. The van der Waals surface area contributed by atoms with Crippen LogP contribution in [0, 0.1) is 0 Å². The molecule has 0 radical (unpaired) electrons. The number of nitrogens with one attached hydrogen (secondary N) is 1. The Hall–Kier alpha value is -1.36. The molecule has 10 heteroatoms. The fraction of sp³-hybridized carbons (Fsp3) is 0.267. The maximum atomic E-state index is 12.7. The molecule has 2 N–H and O–H groups in total. The molecule has 0 aromatic heterocycles. The highest BCUT2D eigenvalue weighted by Crippen LogP contribution is 2.42. The number of carboxylic acids is 1. The molecular formula is C15H12Br2N2O5S. The first-order chi connectivity index (χ1) is 11.9. The molecular weight excluding hydrogens is 480 g/mol. The first-order valence-corrected chi connectivity index (χ1v) is 10.4. The second-order valence-electron chi connectivity index (χ2n) is 5.37. The number of fused-ring (bicyclic) bond motifs is 1. The average Bonchev–Trinajstić information content (AvgIpc) is 2.61. The fourth-order valence-corrected chi connectivity index (χ4v) is 6.65. The molecule has 1 aromatic carbocycles. The van der Waals surface area contributed by atoms with Crippen molar-refractivity contribution in [1.82, 2.24) is 10.2 Å². The molecule has 132 valence electrons. The molecule has 25 heavy (non-hydrogen) atoms. The number of alkyl halides is 2. The number of aliphatic carboxylic acids is 1. The Labute approximate surface area is 162 Å². The minimum absolute atomic E-state index is 0.161. The number of carbonyl (C=O) groups is 3. The standard InChI is InChI=1S/C15H12Br2N2O5S/c16-6-8-10(15(22)23)19-13(21)9(14(19)25(24)11(8)17)18-12(20)7-4-2-1-3-5-7/h1-5,9,11,14H,6H2,(H,18,20)(H,22,23)/t9?,11?,14-,25?/m1/s1. The number of hydrogen-bond donors (Lipinski definition) is 2. The second kappa shape index (κ2) is 7.10. The van der Waals surface area contributed by atoms with Gasteiger partial charge in [-0.05, 0) is 39.2 Å². The molecule has 2 aliphatic rings. The van der Waals surface area contributed by atoms with Gasteiger partial charge in [0.2, 0.25) is 5.37 Å². The van der Waals surface area contributed by atoms with Crippen LogP contribution < -0.4 is 5.32 Å². The lowest BCUT2D eigenvalue weighted by atomic mass is 10.0. The van der Waals surface area contributed by atoms with Crippen LogP contribution >= 0.6 is 31.9 Å². The van der Waals surface area contributed by atoms with Crippen molar-refractivity contribution in [3.05, 3.63) is 47.2 Å². The third kappa shape index (κ3) is 3.01. The summed E-state index contributed by atoms with van der Waals surface area (Å²) in [4.78, 5) is 37.3. The van der Waals surface area contributed by atoms with Crippen LogP contribution in [0.25, 0.3) is 0 Å². The number of carbonyl (C=O) groups excluding carboxylic acids is 2. The Morgan fingerprint density at radius 1 is 1.32 bits per heavy atom. The van der Waals surface area contributed by atoms with Crippen molar-refractivity contribution in [2.75, 3.05) is 5.33 Å². The Kier molecular flexibility index (Phi) is 5.24. The predicted octanol–water partition coefficient (Wildman–Crippen LogP) is 1.17. The molecule has 1 aromatic rings. The van der Waals surface area contributed by atoms with E-state index in [1.165, 1.54) is 0 Å². The van der Waals surface area contributed by atoms with Gasteiger partial charge >= 0.3 is 5.97 Å². The van der Waals surface area contributed by atoms with E-state index in [1.54, 1.807) is 30.3 Å². The number of halogens is 2. The molecule has 3 unspecified atom stereocenters. The van der Waals surface area contributed by atoms with Gasteiger partial charge in [0, 0.05) is 16.5 Å². The molecule has 0 saturated carbocycles. The highest BCUT2D eigenvalue weighted by molar-refractivity contribution is 9.11. The Morgan fingerprint density at radius 2 is 1.96 bits per heavy atom. The van der Waals surface area contributed by atoms with Gasteiger partial charge in [0.05, 0.1) is 0 Å². The van der Waals surface area contributed by atoms with Crippen molar-refractivity contribution in [2.24, 2.45) is 0 Å². The number of β-lactam (4-membered cyclic amide) rings is 1. The van der Waals surface area contributed by atoms with Crippen molar-refractivity contribution >= 4 is 60.8 Å². The first-order valence-electron chi connectivity index (χ1n) is 7.13. The summed E-state index contributed by atoms with van der Waals surface area (Å²) in [7, 11) is 0. The summed E-state index contributed by atoms with van der Waals surface area (Å²) in [6.07, 6.45) is 0. The van der Waals surface area contributed by atoms with Crippen LogP contribution in [-0.2, 0) is 20.8 Å². The zero-order chi connectivity index (χ0) is 18.3. The van der Waals surface area contributed by atoms with Gasteiger partial charge < -0.3 is 15.0 Å². The van der Waals surface area contributed by atoms with Gasteiger partial charge in [-0.15, -0.1) is 0 Å². The topological polar surface area (TPSA) is 110 Å². The van der Waals surface area contributed by atoms with Crippen molar-refractivity contribution < 1.29 is 24.0 Å². The lowest BCUT2D eigenvalue weighted by Crippen LogP contribution is -2.75. The van der Waals surface area contributed by atoms with Gasteiger partial charge in [-0.2, -0.15) is 0 Å². The molecule has 4 atom stereocenters. The monoisotopic (exact) mass is 490 g/mol. The van der Waals surface area contributed by atoms with E-state index in [-0.39, 0.29) is 11.0 Å². The lowest BCUT2D eigenvalue weighted by Gasteiger charge is -2.50. The van der Waals surface area contributed by atoms with Crippen LogP contribution in [0.3, 0.4) is 0 Å². The van der Waals surface area contributed by atoms with Crippen molar-refractivity contribution in [2.45, 2.75) is 15.6 Å². The molecule has 7 nitrogen and oxygen atoms in total. The molecule has 3 rings (SSSR count). The van der Waals surface area contributed by atoms with Gasteiger partial charge in [-0.25, -0.2) is 4.79 Å². The van der Waals surface area contributed by atoms with E-state index >= 15 is 0 Å². The molecule has 0 bridgehead atoms. The van der Waals surface area contributed by atoms with E-state index in [9.17, 15) is 24.0 Å². The van der Waals surface area contributed by atoms with Crippen LogP contribution in [0.5, 0.6) is 0 Å². The van der Waals surface area contributed by atoms with Crippen molar-refractivity contribution in [3.63, 3.8) is 0 Å². The fourth-order valence-electron chi connectivity index (χ4n) is 2.78. The van der Waals surface area contributed by atoms with Gasteiger partial charge in [0.1, 0.15) is 5.70 Å². The van der Waals surface area contributed by atoms with Gasteiger partial charge in [0.25, 0.3) is 11.8 Å². The predicted molar refractivity (Wildman–Crippen MR) is 97.6 cm³/mol. The van der Waals surface area contributed by atoms with E-state index in [0.717, 1.165) is 4.90 Å². The average molecular weight is 492 g/mol. The number of carboxylic acid groups (broad SMARTS) is 1. The van der Waals surface area contributed by atoms with Gasteiger partial charge in [-0.3, -0.25) is 14.5 Å². The number of benzene rings is 1. The van der Waals surface area contributed by atoms with Crippen LogP contribution in [0.4, 0.5) is 0 Å². The van der Waals surface area contributed by atoms with E-state index < -0.39 is 44.5 Å². The smallest absolute Gasteiger partial charge is 0.352 e. The van der Waals surface area contributed by atoms with Crippen LogP contribution in [0.15, 0.2) is 41.6 Å². The van der Waals surface area contributed by atoms with Gasteiger partial charge in [0.15, 0.2) is 10.2 Å². The number of nitrogens with zero attached hydrogens (tertiary/aromatic N) is 1. The third-order valence-corrected chi connectivity index (χ3v) is 7.89. The Balaban J connectivity index is 1.88. The maximum absolute atomic E-state index is 12.7. The summed E-state index contributed by atoms with van der Waals surface area (Å²) in [5.41, 5.74) is 0.489. The zero-order valence-electron chi connectivity index (χ0n) is 12.5. The minimum Gasteiger partial charge on any atom is -0.614 e. The lowest BCUT2D eigenvalue weighted by molar-refractivity contribution is -0.149. The molecule has 2 heterocycles. The second-order valence-corrected chi connectivity index (χ2v) is 9.07. The van der Waals surface area contributed by atoms with Crippen LogP contribution in [0.2, 0.25) is 0 Å². The Bertz CT molecular complexity index is 772. The summed E-state index contributed by atoms with van der Waals surface area (Å²) in [5.74, 6) is -2.34. The highest BCUT2D eigenvalue weighted by atomic mass is 79.9. The molecule has 2 amide bonds. The van der Waals surface area contributed by atoms with Crippen LogP contribution in [0.1, 0.15) is 10.4 Å². The molecule has 2 aliphatic heterocycles. The van der Waals surface area contributed by atoms with Crippen LogP contribution in [-0.4, -0.2) is 53.2 Å². The number of hydrogen-bond acceptors (Lipinski definition) is 4. The molecule has 0 aliphatic carbocycles. The normalized spacial score (nSPS) is 28.3. The Morgan fingerprint density at radius 3 is 2.52 bits per heavy atom. The summed E-state index contributed by atoms with van der Waals surface area (Å²) in [5, 5.41) is 11.2. The maximum Gasteiger partial charge on any atom is 0.352 e. The largest absolute Gasteiger partial charge is 0.614 e. The van der Waals surface area contributed by atoms with E-state index in [4.69, 9.17) is 0 Å². The molecule has 1 fully saturated rings. The highest BCUT2D eigenvalue weighted by Gasteiger charge is 2.63. The molecule has 1 saturated heterocycles. The minimum atomic E-state index is -1.61. The third-order valence-electron chi connectivity index (χ3n) is 3.97. The van der Waals surface area contributed by atoms with E-state index in [1.807, 2.05) is 0 Å². The van der Waals surface area contributed by atoms with E-state index in [2.05, 4.69) is 37.2 Å². The summed E-state index contributed by atoms with van der Waals surface area (Å²) < 4.78 is 12.0. The quantitative estimate of drug-likeness (QED) is 0.373. The number of amides is 2.